The van der Waals surface area contributed by atoms with Crippen LogP contribution in [0.2, 0.25) is 0 Å². The summed E-state index contributed by atoms with van der Waals surface area (Å²) in [7, 11) is 0.640. The van der Waals surface area contributed by atoms with E-state index in [0.29, 0.717) is 35.4 Å². The number of nitrogens with zero attached hydrogens (tertiary/aromatic N) is 1. The minimum Gasteiger partial charge on any atom is -0.497 e. The summed E-state index contributed by atoms with van der Waals surface area (Å²) in [4.78, 5) is 14.3. The van der Waals surface area contributed by atoms with Gasteiger partial charge in [-0.05, 0) is 63.4 Å². The zero-order valence-electron chi connectivity index (χ0n) is 18.9. The van der Waals surface area contributed by atoms with Crippen LogP contribution in [0.3, 0.4) is 0 Å². The van der Waals surface area contributed by atoms with Crippen molar-refractivity contribution >= 4 is 24.3 Å². The van der Waals surface area contributed by atoms with Crippen LogP contribution in [0.4, 0.5) is 19.3 Å². The smallest absolute Gasteiger partial charge is 0.497 e. The zero-order chi connectivity index (χ0) is 23.3. The third kappa shape index (κ3) is 4.07. The minimum absolute atomic E-state index is 0.118. The van der Waals surface area contributed by atoms with Gasteiger partial charge in [0.15, 0.2) is 0 Å². The summed E-state index contributed by atoms with van der Waals surface area (Å²) < 4.78 is 45.7. The Bertz CT molecular complexity index is 1040. The molecule has 1 N–H and O–H groups in total. The van der Waals surface area contributed by atoms with Crippen LogP contribution in [0.15, 0.2) is 30.3 Å². The molecule has 0 aliphatic carbocycles. The number of halogens is 2. The van der Waals surface area contributed by atoms with E-state index in [2.05, 4.69) is 5.32 Å². The molecule has 1 fully saturated rings. The van der Waals surface area contributed by atoms with Crippen LogP contribution in [0, 0.1) is 11.6 Å². The Morgan fingerprint density at radius 1 is 1.12 bits per heavy atom. The molecule has 6 nitrogen and oxygen atoms in total. The number of hydrogen-bond donors (Lipinski definition) is 1. The number of methoxy groups -OCH3 is 1. The van der Waals surface area contributed by atoms with Crippen molar-refractivity contribution in [2.24, 2.45) is 0 Å². The lowest BCUT2D eigenvalue weighted by molar-refractivity contribution is 0.00578. The van der Waals surface area contributed by atoms with E-state index in [-0.39, 0.29) is 12.6 Å². The van der Waals surface area contributed by atoms with Crippen molar-refractivity contribution in [3.8, 4) is 5.75 Å². The van der Waals surface area contributed by atoms with Crippen LogP contribution in [-0.4, -0.2) is 38.0 Å². The number of urea groups is 1. The first-order chi connectivity index (χ1) is 15.0. The average Bonchev–Trinajstić information content (AvgIpc) is 3.21. The van der Waals surface area contributed by atoms with Gasteiger partial charge in [0, 0.05) is 24.6 Å². The fourth-order valence-corrected chi connectivity index (χ4v) is 3.91. The quantitative estimate of drug-likeness (QED) is 0.734. The van der Waals surface area contributed by atoms with Gasteiger partial charge in [-0.2, -0.15) is 0 Å². The summed E-state index contributed by atoms with van der Waals surface area (Å²) in [6.45, 7) is 8.20. The van der Waals surface area contributed by atoms with E-state index in [1.54, 1.807) is 12.1 Å². The fourth-order valence-electron chi connectivity index (χ4n) is 3.91. The van der Waals surface area contributed by atoms with E-state index >= 15 is 4.39 Å². The third-order valence-electron chi connectivity index (χ3n) is 6.46. The third-order valence-corrected chi connectivity index (χ3v) is 6.46. The van der Waals surface area contributed by atoms with E-state index in [4.69, 9.17) is 14.0 Å². The highest BCUT2D eigenvalue weighted by Gasteiger charge is 2.52. The number of carbonyl (C=O) groups is 1. The first-order valence-electron chi connectivity index (χ1n) is 10.6. The Morgan fingerprint density at radius 2 is 1.81 bits per heavy atom. The standard InChI is InChI=1S/C23H27BF2N2O4/c1-22(2)23(3,4)32-24(31-22)18-10-15-6-7-28(20(15)12-19(18)26)21(29)27-13-14-8-16(25)11-17(9-14)30-5/h8-12H,6-7,13H2,1-5H3,(H,27,29). The zero-order valence-corrected chi connectivity index (χ0v) is 18.9. The van der Waals surface area contributed by atoms with Crippen molar-refractivity contribution in [1.82, 2.24) is 5.32 Å². The topological polar surface area (TPSA) is 60.0 Å². The number of amides is 2. The molecule has 2 aliphatic rings. The van der Waals surface area contributed by atoms with Gasteiger partial charge in [0.1, 0.15) is 17.4 Å². The number of anilines is 1. The molecule has 2 heterocycles. The van der Waals surface area contributed by atoms with Crippen molar-refractivity contribution in [2.75, 3.05) is 18.6 Å². The number of nitrogens with one attached hydrogen (secondary N) is 1. The molecule has 0 radical (unpaired) electrons. The van der Waals surface area contributed by atoms with Crippen LogP contribution >= 0.6 is 0 Å². The molecule has 2 amide bonds. The van der Waals surface area contributed by atoms with Gasteiger partial charge in [-0.25, -0.2) is 13.6 Å². The number of rotatable bonds is 4. The summed E-state index contributed by atoms with van der Waals surface area (Å²) in [5.41, 5.74) is 1.10. The van der Waals surface area contributed by atoms with Gasteiger partial charge in [0.05, 0.1) is 24.0 Å². The van der Waals surface area contributed by atoms with Crippen molar-refractivity contribution in [3.63, 3.8) is 0 Å². The molecule has 9 heteroatoms. The number of benzene rings is 2. The summed E-state index contributed by atoms with van der Waals surface area (Å²) in [6.07, 6.45) is 0.587. The second kappa shape index (κ2) is 8.05. The molecule has 2 aliphatic heterocycles. The van der Waals surface area contributed by atoms with E-state index in [9.17, 15) is 9.18 Å². The lowest BCUT2D eigenvalue weighted by atomic mass is 9.77. The number of carbonyl (C=O) groups excluding carboxylic acids is 1. The molecule has 0 spiro atoms. The van der Waals surface area contributed by atoms with Crippen LogP contribution in [0.5, 0.6) is 5.75 Å². The molecule has 170 valence electrons. The first-order valence-corrected chi connectivity index (χ1v) is 10.6. The highest BCUT2D eigenvalue weighted by Crippen LogP contribution is 2.37. The molecular formula is C23H27BF2N2O4. The van der Waals surface area contributed by atoms with Crippen LogP contribution in [0.1, 0.15) is 38.8 Å². The molecule has 0 bridgehead atoms. The Hall–Kier alpha value is -2.65. The van der Waals surface area contributed by atoms with Gasteiger partial charge in [-0.15, -0.1) is 0 Å². The highest BCUT2D eigenvalue weighted by atomic mass is 19.1. The molecule has 0 saturated carbocycles. The van der Waals surface area contributed by atoms with Gasteiger partial charge < -0.3 is 19.4 Å². The van der Waals surface area contributed by atoms with Crippen molar-refractivity contribution < 1.29 is 27.6 Å². The van der Waals surface area contributed by atoms with E-state index < -0.39 is 30.0 Å². The number of ether oxygens (including phenoxy) is 1. The van der Waals surface area contributed by atoms with Gasteiger partial charge in [0.25, 0.3) is 0 Å². The monoisotopic (exact) mass is 444 g/mol. The summed E-state index contributed by atoms with van der Waals surface area (Å²) >= 11 is 0. The lowest BCUT2D eigenvalue weighted by Gasteiger charge is -2.32. The predicted molar refractivity (Wildman–Crippen MR) is 118 cm³/mol. The molecule has 0 unspecified atom stereocenters. The van der Waals surface area contributed by atoms with Crippen molar-refractivity contribution in [2.45, 2.75) is 51.9 Å². The molecule has 0 atom stereocenters. The second-order valence-corrected chi connectivity index (χ2v) is 9.15. The fraction of sp³-hybridized carbons (Fsp3) is 0.435. The lowest BCUT2D eigenvalue weighted by Crippen LogP contribution is -2.41. The Morgan fingerprint density at radius 3 is 2.47 bits per heavy atom. The van der Waals surface area contributed by atoms with Crippen LogP contribution in [0.25, 0.3) is 0 Å². The molecule has 2 aromatic rings. The Labute approximate surface area is 187 Å². The van der Waals surface area contributed by atoms with Gasteiger partial charge in [0.2, 0.25) is 0 Å². The van der Waals surface area contributed by atoms with Crippen LogP contribution < -0.4 is 20.4 Å². The van der Waals surface area contributed by atoms with Crippen molar-refractivity contribution in [3.05, 3.63) is 53.1 Å². The van der Waals surface area contributed by atoms with Gasteiger partial charge in [-0.3, -0.25) is 4.90 Å². The molecule has 0 aromatic heterocycles. The summed E-state index contributed by atoms with van der Waals surface area (Å²) in [5, 5.41) is 2.76. The van der Waals surface area contributed by atoms with E-state index in [0.717, 1.165) is 5.56 Å². The summed E-state index contributed by atoms with van der Waals surface area (Å²) in [5.74, 6) is -0.563. The van der Waals surface area contributed by atoms with E-state index in [1.807, 2.05) is 27.7 Å². The SMILES string of the molecule is COc1cc(F)cc(CNC(=O)N2CCc3cc(B4OC(C)(C)C(C)(C)O4)c(F)cc32)c1. The molecule has 2 aromatic carbocycles. The first kappa shape index (κ1) is 22.5. The normalized spacial score (nSPS) is 18.6. The van der Waals surface area contributed by atoms with Crippen molar-refractivity contribution in [1.29, 1.82) is 0 Å². The largest absolute Gasteiger partial charge is 0.497 e. The minimum atomic E-state index is -0.809. The Balaban J connectivity index is 1.49. The van der Waals surface area contributed by atoms with Crippen LogP contribution in [-0.2, 0) is 22.3 Å². The summed E-state index contributed by atoms with van der Waals surface area (Å²) in [6, 6.07) is 6.94. The van der Waals surface area contributed by atoms with Gasteiger partial charge in [-0.1, -0.05) is 6.07 Å². The maximum atomic E-state index is 15.0. The molecule has 4 rings (SSSR count). The molecule has 1 saturated heterocycles. The molecule has 32 heavy (non-hydrogen) atoms. The van der Waals surface area contributed by atoms with E-state index in [1.165, 1.54) is 30.2 Å². The predicted octanol–water partition coefficient (Wildman–Crippen LogP) is 3.54. The highest BCUT2D eigenvalue weighted by molar-refractivity contribution is 6.62. The maximum Gasteiger partial charge on any atom is 0.497 e. The molecular weight excluding hydrogens is 417 g/mol. The van der Waals surface area contributed by atoms with Gasteiger partial charge >= 0.3 is 13.1 Å². The average molecular weight is 444 g/mol. The number of fused-ring (bicyclic) bond motifs is 1. The number of hydrogen-bond acceptors (Lipinski definition) is 4. The Kier molecular flexibility index (Phi) is 5.67. The second-order valence-electron chi connectivity index (χ2n) is 9.15. The maximum absolute atomic E-state index is 15.0.